The largest absolute Gasteiger partial charge is 0.462 e. The standard InChI is InChI=1S/C14H28O2/c1-6-8-9-13(7-2)14(15)16-12(5)10-11(3)4/h11-13H,6-10H2,1-5H3. The van der Waals surface area contributed by atoms with Gasteiger partial charge in [0.15, 0.2) is 0 Å². The van der Waals surface area contributed by atoms with Crippen molar-refractivity contribution in [3.8, 4) is 0 Å². The minimum absolute atomic E-state index is 0.00380. The number of rotatable bonds is 8. The number of hydrogen-bond donors (Lipinski definition) is 0. The fraction of sp³-hybridized carbons (Fsp3) is 0.929. The molecule has 0 aliphatic rings. The maximum Gasteiger partial charge on any atom is 0.309 e. The van der Waals surface area contributed by atoms with E-state index in [1.54, 1.807) is 0 Å². The second-order valence-electron chi connectivity index (χ2n) is 5.12. The third-order valence-electron chi connectivity index (χ3n) is 2.85. The summed E-state index contributed by atoms with van der Waals surface area (Å²) < 4.78 is 5.47. The van der Waals surface area contributed by atoms with Crippen molar-refractivity contribution < 1.29 is 9.53 Å². The van der Waals surface area contributed by atoms with Crippen molar-refractivity contribution in [3.05, 3.63) is 0 Å². The van der Waals surface area contributed by atoms with Crippen molar-refractivity contribution in [3.63, 3.8) is 0 Å². The summed E-state index contributed by atoms with van der Waals surface area (Å²) in [6, 6.07) is 0. The molecule has 0 saturated carbocycles. The van der Waals surface area contributed by atoms with Crippen LogP contribution in [0.1, 0.15) is 66.7 Å². The quantitative estimate of drug-likeness (QED) is 0.582. The zero-order valence-electron chi connectivity index (χ0n) is 11.6. The molecule has 0 aromatic rings. The van der Waals surface area contributed by atoms with Crippen LogP contribution in [0.25, 0.3) is 0 Å². The van der Waals surface area contributed by atoms with Gasteiger partial charge in [-0.25, -0.2) is 0 Å². The lowest BCUT2D eigenvalue weighted by molar-refractivity contribution is -0.154. The third-order valence-corrected chi connectivity index (χ3v) is 2.85. The van der Waals surface area contributed by atoms with Gasteiger partial charge in [-0.15, -0.1) is 0 Å². The molecule has 96 valence electrons. The van der Waals surface area contributed by atoms with Gasteiger partial charge in [0.1, 0.15) is 0 Å². The van der Waals surface area contributed by atoms with Crippen LogP contribution >= 0.6 is 0 Å². The summed E-state index contributed by atoms with van der Waals surface area (Å²) >= 11 is 0. The Morgan fingerprint density at radius 1 is 1.19 bits per heavy atom. The number of carbonyl (C=O) groups excluding carboxylic acids is 1. The molecule has 0 radical (unpaired) electrons. The van der Waals surface area contributed by atoms with Crippen LogP contribution in [-0.4, -0.2) is 12.1 Å². The Kier molecular flexibility index (Phi) is 8.32. The SMILES string of the molecule is CCCCC(CC)C(=O)OC(C)CC(C)C. The van der Waals surface area contributed by atoms with Crippen molar-refractivity contribution in [2.45, 2.75) is 72.8 Å². The zero-order valence-corrected chi connectivity index (χ0v) is 11.6. The van der Waals surface area contributed by atoms with E-state index < -0.39 is 0 Å². The first kappa shape index (κ1) is 15.5. The van der Waals surface area contributed by atoms with Crippen LogP contribution in [0.15, 0.2) is 0 Å². The molecule has 0 bridgehead atoms. The highest BCUT2D eigenvalue weighted by atomic mass is 16.5. The first-order chi connectivity index (χ1) is 7.51. The Morgan fingerprint density at radius 3 is 2.25 bits per heavy atom. The van der Waals surface area contributed by atoms with Crippen LogP contribution in [0.4, 0.5) is 0 Å². The molecular formula is C14H28O2. The number of carbonyl (C=O) groups is 1. The smallest absolute Gasteiger partial charge is 0.309 e. The molecule has 0 heterocycles. The molecule has 0 aliphatic heterocycles. The highest BCUT2D eigenvalue weighted by Crippen LogP contribution is 2.17. The predicted octanol–water partition coefficient (Wildman–Crippen LogP) is 4.18. The second-order valence-corrected chi connectivity index (χ2v) is 5.12. The molecule has 0 fully saturated rings. The van der Waals surface area contributed by atoms with E-state index in [2.05, 4.69) is 27.7 Å². The summed E-state index contributed by atoms with van der Waals surface area (Å²) in [6.07, 6.45) is 5.14. The molecular weight excluding hydrogens is 200 g/mol. The van der Waals surface area contributed by atoms with Gasteiger partial charge in [0.05, 0.1) is 12.0 Å². The molecule has 0 spiro atoms. The van der Waals surface area contributed by atoms with E-state index in [4.69, 9.17) is 4.74 Å². The summed E-state index contributed by atoms with van der Waals surface area (Å²) in [5.74, 6) is 0.692. The van der Waals surface area contributed by atoms with Crippen molar-refractivity contribution in [2.75, 3.05) is 0 Å². The fourth-order valence-corrected chi connectivity index (χ4v) is 1.95. The molecule has 2 nitrogen and oxygen atoms in total. The maximum atomic E-state index is 11.8. The van der Waals surface area contributed by atoms with Gasteiger partial charge in [0.25, 0.3) is 0 Å². The van der Waals surface area contributed by atoms with Crippen molar-refractivity contribution >= 4 is 5.97 Å². The first-order valence-electron chi connectivity index (χ1n) is 6.71. The monoisotopic (exact) mass is 228 g/mol. The van der Waals surface area contributed by atoms with Crippen LogP contribution in [-0.2, 0) is 9.53 Å². The van der Waals surface area contributed by atoms with Gasteiger partial charge in [-0.05, 0) is 32.1 Å². The van der Waals surface area contributed by atoms with Gasteiger partial charge in [0, 0.05) is 0 Å². The number of unbranched alkanes of at least 4 members (excludes halogenated alkanes) is 1. The van der Waals surface area contributed by atoms with Gasteiger partial charge in [-0.3, -0.25) is 4.79 Å². The van der Waals surface area contributed by atoms with Gasteiger partial charge < -0.3 is 4.74 Å². The molecule has 2 unspecified atom stereocenters. The topological polar surface area (TPSA) is 26.3 Å². The number of esters is 1. The van der Waals surface area contributed by atoms with E-state index in [1.165, 1.54) is 0 Å². The van der Waals surface area contributed by atoms with Crippen molar-refractivity contribution in [1.82, 2.24) is 0 Å². The zero-order chi connectivity index (χ0) is 12.6. The molecule has 0 aromatic carbocycles. The Bertz CT molecular complexity index is 187. The molecule has 0 N–H and O–H groups in total. The molecule has 2 heteroatoms. The first-order valence-corrected chi connectivity index (χ1v) is 6.71. The number of ether oxygens (including phenoxy) is 1. The summed E-state index contributed by atoms with van der Waals surface area (Å²) in [6.45, 7) is 10.5. The molecule has 16 heavy (non-hydrogen) atoms. The normalized spacial score (nSPS) is 14.9. The van der Waals surface area contributed by atoms with Crippen LogP contribution in [0.2, 0.25) is 0 Å². The van der Waals surface area contributed by atoms with Gasteiger partial charge in [-0.1, -0.05) is 40.5 Å². The molecule has 0 amide bonds. The molecule has 0 aromatic heterocycles. The Balaban J connectivity index is 3.99. The van der Waals surface area contributed by atoms with E-state index in [0.717, 1.165) is 32.1 Å². The molecule has 0 saturated heterocycles. The van der Waals surface area contributed by atoms with Gasteiger partial charge in [-0.2, -0.15) is 0 Å². The van der Waals surface area contributed by atoms with Crippen LogP contribution < -0.4 is 0 Å². The Morgan fingerprint density at radius 2 is 1.81 bits per heavy atom. The minimum Gasteiger partial charge on any atom is -0.462 e. The molecule has 2 atom stereocenters. The summed E-state index contributed by atoms with van der Waals surface area (Å²) in [4.78, 5) is 11.8. The second kappa shape index (κ2) is 8.60. The number of hydrogen-bond acceptors (Lipinski definition) is 2. The van der Waals surface area contributed by atoms with Gasteiger partial charge in [0.2, 0.25) is 0 Å². The van der Waals surface area contributed by atoms with Crippen molar-refractivity contribution in [1.29, 1.82) is 0 Å². The van der Waals surface area contributed by atoms with Crippen LogP contribution in [0, 0.1) is 11.8 Å². The lowest BCUT2D eigenvalue weighted by Gasteiger charge is -2.19. The average Bonchev–Trinajstić information content (AvgIpc) is 2.17. The van der Waals surface area contributed by atoms with E-state index >= 15 is 0 Å². The summed E-state index contributed by atoms with van der Waals surface area (Å²) in [7, 11) is 0. The Labute approximate surface area is 101 Å². The third kappa shape index (κ3) is 6.86. The van der Waals surface area contributed by atoms with Crippen molar-refractivity contribution in [2.24, 2.45) is 11.8 Å². The maximum absolute atomic E-state index is 11.8. The summed E-state index contributed by atoms with van der Waals surface area (Å²) in [5.41, 5.74) is 0. The lowest BCUT2D eigenvalue weighted by atomic mass is 9.99. The predicted molar refractivity (Wildman–Crippen MR) is 68.3 cm³/mol. The van der Waals surface area contributed by atoms with E-state index in [1.807, 2.05) is 6.92 Å². The summed E-state index contributed by atoms with van der Waals surface area (Å²) in [5, 5.41) is 0. The minimum atomic E-state index is 0.00380. The van der Waals surface area contributed by atoms with E-state index in [9.17, 15) is 4.79 Å². The fourth-order valence-electron chi connectivity index (χ4n) is 1.95. The van der Waals surface area contributed by atoms with Crippen LogP contribution in [0.5, 0.6) is 0 Å². The average molecular weight is 228 g/mol. The highest BCUT2D eigenvalue weighted by Gasteiger charge is 2.19. The van der Waals surface area contributed by atoms with E-state index in [-0.39, 0.29) is 18.0 Å². The molecule has 0 aliphatic carbocycles. The van der Waals surface area contributed by atoms with E-state index in [0.29, 0.717) is 5.92 Å². The lowest BCUT2D eigenvalue weighted by Crippen LogP contribution is -2.23. The van der Waals surface area contributed by atoms with Gasteiger partial charge >= 0.3 is 5.97 Å². The Hall–Kier alpha value is -0.530. The van der Waals surface area contributed by atoms with Crippen LogP contribution in [0.3, 0.4) is 0 Å². The highest BCUT2D eigenvalue weighted by molar-refractivity contribution is 5.72. The molecule has 0 rings (SSSR count).